The Balaban J connectivity index is 2.24. The van der Waals surface area contributed by atoms with E-state index in [2.05, 4.69) is 4.98 Å². The van der Waals surface area contributed by atoms with Crippen molar-refractivity contribution in [2.75, 3.05) is 0 Å². The normalized spacial score (nSPS) is 11.0. The maximum atomic E-state index is 12.8. The van der Waals surface area contributed by atoms with Crippen molar-refractivity contribution in [1.29, 1.82) is 0 Å². The van der Waals surface area contributed by atoms with E-state index in [0.29, 0.717) is 16.0 Å². The van der Waals surface area contributed by atoms with E-state index in [1.54, 1.807) is 0 Å². The van der Waals surface area contributed by atoms with Gasteiger partial charge in [-0.1, -0.05) is 37.3 Å². The average molecular weight is 328 g/mol. The fourth-order valence-electron chi connectivity index (χ4n) is 2.46. The van der Waals surface area contributed by atoms with Gasteiger partial charge in [0.05, 0.1) is 11.8 Å². The van der Waals surface area contributed by atoms with Crippen LogP contribution in [0.15, 0.2) is 41.2 Å². The van der Waals surface area contributed by atoms with E-state index in [0.717, 1.165) is 16.9 Å². The molecule has 1 N–H and O–H groups in total. The number of thiophene rings is 1. The highest BCUT2D eigenvalue weighted by atomic mass is 32.1. The maximum Gasteiger partial charge on any atom is 0.305 e. The van der Waals surface area contributed by atoms with Crippen molar-refractivity contribution in [3.8, 4) is 11.4 Å². The summed E-state index contributed by atoms with van der Waals surface area (Å²) in [4.78, 5) is 30.2. The van der Waals surface area contributed by atoms with Crippen LogP contribution in [0.3, 0.4) is 0 Å². The Hall–Kier alpha value is -2.47. The zero-order chi connectivity index (χ0) is 16.4. The molecular weight excluding hydrogens is 312 g/mol. The van der Waals surface area contributed by atoms with Gasteiger partial charge in [0.1, 0.15) is 10.7 Å². The summed E-state index contributed by atoms with van der Waals surface area (Å²) in [6, 6.07) is 11.3. The molecule has 1 aromatic carbocycles. The quantitative estimate of drug-likeness (QED) is 0.781. The lowest BCUT2D eigenvalue weighted by molar-refractivity contribution is -0.137. The number of rotatable bonds is 5. The first kappa shape index (κ1) is 15.4. The van der Waals surface area contributed by atoms with Crippen LogP contribution in [0.2, 0.25) is 0 Å². The maximum absolute atomic E-state index is 12.8. The number of carbonyl (C=O) groups is 1. The molecule has 0 amide bonds. The fraction of sp³-hybridized carbons (Fsp3) is 0.235. The molecule has 0 aliphatic rings. The summed E-state index contributed by atoms with van der Waals surface area (Å²) < 4.78 is 1.47. The van der Waals surface area contributed by atoms with Crippen molar-refractivity contribution in [3.05, 3.63) is 51.6 Å². The topological polar surface area (TPSA) is 72.2 Å². The van der Waals surface area contributed by atoms with Crippen molar-refractivity contribution in [1.82, 2.24) is 9.55 Å². The zero-order valence-corrected chi connectivity index (χ0v) is 13.5. The van der Waals surface area contributed by atoms with Gasteiger partial charge >= 0.3 is 5.97 Å². The standard InChI is InChI=1S/C17H16N2O3S/c1-2-12-10-13-16(23-12)18-15(11-6-4-3-5-7-11)19(17(13)22)9-8-14(20)21/h3-7,10H,2,8-9H2,1H3,(H,20,21). The third-order valence-electron chi connectivity index (χ3n) is 3.63. The van der Waals surface area contributed by atoms with Gasteiger partial charge in [0.2, 0.25) is 0 Å². The summed E-state index contributed by atoms with van der Waals surface area (Å²) in [6.07, 6.45) is 0.730. The van der Waals surface area contributed by atoms with Gasteiger partial charge in [-0.05, 0) is 12.5 Å². The molecule has 3 rings (SSSR count). The van der Waals surface area contributed by atoms with E-state index >= 15 is 0 Å². The van der Waals surface area contributed by atoms with Crippen LogP contribution >= 0.6 is 11.3 Å². The van der Waals surface area contributed by atoms with E-state index in [1.165, 1.54) is 15.9 Å². The number of fused-ring (bicyclic) bond motifs is 1. The second-order valence-corrected chi connectivity index (χ2v) is 6.30. The SMILES string of the molecule is CCc1cc2c(=O)n(CCC(=O)O)c(-c3ccccc3)nc2s1. The molecule has 0 radical (unpaired) electrons. The van der Waals surface area contributed by atoms with Crippen LogP contribution in [-0.2, 0) is 17.8 Å². The molecule has 0 unspecified atom stereocenters. The first-order valence-corrected chi connectivity index (χ1v) is 8.22. The van der Waals surface area contributed by atoms with Gasteiger partial charge in [-0.25, -0.2) is 4.98 Å². The largest absolute Gasteiger partial charge is 0.481 e. The molecule has 0 atom stereocenters. The van der Waals surface area contributed by atoms with Gasteiger partial charge in [0.15, 0.2) is 0 Å². The van der Waals surface area contributed by atoms with Crippen LogP contribution in [0.1, 0.15) is 18.2 Å². The lowest BCUT2D eigenvalue weighted by Gasteiger charge is -2.11. The Morgan fingerprint density at radius 1 is 1.30 bits per heavy atom. The van der Waals surface area contributed by atoms with Gasteiger partial charge in [0.25, 0.3) is 5.56 Å². The number of benzene rings is 1. The minimum absolute atomic E-state index is 0.110. The first-order chi connectivity index (χ1) is 11.1. The van der Waals surface area contributed by atoms with Crippen molar-refractivity contribution < 1.29 is 9.90 Å². The van der Waals surface area contributed by atoms with Crippen molar-refractivity contribution >= 4 is 27.5 Å². The van der Waals surface area contributed by atoms with Gasteiger partial charge < -0.3 is 5.11 Å². The summed E-state index contributed by atoms with van der Waals surface area (Å²) >= 11 is 1.51. The summed E-state index contributed by atoms with van der Waals surface area (Å²) in [5, 5.41) is 9.52. The number of aliphatic carboxylic acids is 1. The second-order valence-electron chi connectivity index (χ2n) is 5.19. The summed E-state index contributed by atoms with van der Waals surface area (Å²) in [5.41, 5.74) is 0.634. The summed E-state index contributed by atoms with van der Waals surface area (Å²) in [5.74, 6) is -0.413. The molecular formula is C17H16N2O3S. The Morgan fingerprint density at radius 2 is 2.04 bits per heavy atom. The predicted molar refractivity (Wildman–Crippen MR) is 90.9 cm³/mol. The van der Waals surface area contributed by atoms with Crippen LogP contribution in [-0.4, -0.2) is 20.6 Å². The lowest BCUT2D eigenvalue weighted by atomic mass is 10.2. The molecule has 118 valence electrons. The molecule has 0 aliphatic heterocycles. The van der Waals surface area contributed by atoms with Crippen LogP contribution < -0.4 is 5.56 Å². The zero-order valence-electron chi connectivity index (χ0n) is 12.7. The van der Waals surface area contributed by atoms with Crippen LogP contribution in [0.25, 0.3) is 21.6 Å². The summed E-state index contributed by atoms with van der Waals surface area (Å²) in [6.45, 7) is 2.14. The number of hydrogen-bond donors (Lipinski definition) is 1. The number of carboxylic acids is 1. The van der Waals surface area contributed by atoms with Gasteiger partial charge in [-0.15, -0.1) is 11.3 Å². The summed E-state index contributed by atoms with van der Waals surface area (Å²) in [7, 11) is 0. The monoisotopic (exact) mass is 328 g/mol. The average Bonchev–Trinajstić information content (AvgIpc) is 2.98. The number of aryl methyl sites for hydroxylation is 1. The molecule has 0 saturated heterocycles. The van der Waals surface area contributed by atoms with E-state index in [1.807, 2.05) is 43.3 Å². The number of aromatic nitrogens is 2. The highest BCUT2D eigenvalue weighted by Crippen LogP contribution is 2.25. The molecule has 3 aromatic rings. The van der Waals surface area contributed by atoms with E-state index in [9.17, 15) is 9.59 Å². The fourth-order valence-corrected chi connectivity index (χ4v) is 3.42. The molecule has 6 heteroatoms. The third kappa shape index (κ3) is 3.03. The number of hydrogen-bond acceptors (Lipinski definition) is 4. The van der Waals surface area contributed by atoms with Crippen molar-refractivity contribution in [3.63, 3.8) is 0 Å². The van der Waals surface area contributed by atoms with E-state index in [4.69, 9.17) is 5.11 Å². The minimum Gasteiger partial charge on any atom is -0.481 e. The van der Waals surface area contributed by atoms with Crippen LogP contribution in [0, 0.1) is 0 Å². The molecule has 0 spiro atoms. The van der Waals surface area contributed by atoms with Crippen molar-refractivity contribution in [2.45, 2.75) is 26.3 Å². The lowest BCUT2D eigenvalue weighted by Crippen LogP contribution is -2.24. The van der Waals surface area contributed by atoms with Crippen LogP contribution in [0.4, 0.5) is 0 Å². The highest BCUT2D eigenvalue weighted by Gasteiger charge is 2.15. The number of carboxylic acid groups (broad SMARTS) is 1. The van der Waals surface area contributed by atoms with E-state index < -0.39 is 5.97 Å². The molecule has 23 heavy (non-hydrogen) atoms. The molecule has 5 nitrogen and oxygen atoms in total. The molecule has 0 saturated carbocycles. The Morgan fingerprint density at radius 3 is 2.70 bits per heavy atom. The molecule has 0 aliphatic carbocycles. The molecule has 2 heterocycles. The predicted octanol–water partition coefficient (Wildman–Crippen LogP) is 3.16. The first-order valence-electron chi connectivity index (χ1n) is 7.40. The van der Waals surface area contributed by atoms with Crippen molar-refractivity contribution in [2.24, 2.45) is 0 Å². The Bertz CT molecular complexity index is 913. The Kier molecular flexibility index (Phi) is 4.25. The molecule has 0 bridgehead atoms. The smallest absolute Gasteiger partial charge is 0.305 e. The second kappa shape index (κ2) is 6.34. The molecule has 2 aromatic heterocycles. The highest BCUT2D eigenvalue weighted by molar-refractivity contribution is 7.18. The van der Waals surface area contributed by atoms with Crippen LogP contribution in [0.5, 0.6) is 0 Å². The molecule has 0 fully saturated rings. The third-order valence-corrected chi connectivity index (χ3v) is 4.81. The minimum atomic E-state index is -0.935. The van der Waals surface area contributed by atoms with Gasteiger partial charge in [-0.3, -0.25) is 14.2 Å². The van der Waals surface area contributed by atoms with Gasteiger partial charge in [-0.2, -0.15) is 0 Å². The van der Waals surface area contributed by atoms with E-state index in [-0.39, 0.29) is 18.5 Å². The Labute approximate surface area is 136 Å². The number of nitrogens with zero attached hydrogens (tertiary/aromatic N) is 2. The van der Waals surface area contributed by atoms with Gasteiger partial charge in [0, 0.05) is 17.0 Å².